The summed E-state index contributed by atoms with van der Waals surface area (Å²) in [5.41, 5.74) is -0.750. The van der Waals surface area contributed by atoms with Crippen LogP contribution in [0, 0.1) is 0 Å². The second-order valence-corrected chi connectivity index (χ2v) is 6.86. The molecule has 0 aromatic heterocycles. The van der Waals surface area contributed by atoms with Gasteiger partial charge in [-0.3, -0.25) is 12.9 Å². The molecule has 1 aromatic carbocycles. The molecule has 16 heavy (non-hydrogen) atoms. The molecule has 0 heterocycles. The van der Waals surface area contributed by atoms with E-state index in [9.17, 15) is 5.11 Å². The molecule has 0 aliphatic heterocycles. The van der Waals surface area contributed by atoms with Crippen molar-refractivity contribution in [3.05, 3.63) is 24.3 Å². The van der Waals surface area contributed by atoms with Crippen molar-refractivity contribution in [3.8, 4) is 5.75 Å². The summed E-state index contributed by atoms with van der Waals surface area (Å²) in [4.78, 5) is 0. The summed E-state index contributed by atoms with van der Waals surface area (Å²) in [7, 11) is 1.69. The molecule has 2 nitrogen and oxygen atoms in total. The van der Waals surface area contributed by atoms with Gasteiger partial charge in [-0.05, 0) is 12.1 Å². The summed E-state index contributed by atoms with van der Waals surface area (Å²) in [5, 5.41) is 10.1. The van der Waals surface area contributed by atoms with Crippen molar-refractivity contribution in [1.82, 2.24) is 0 Å². The molecule has 0 aliphatic rings. The van der Waals surface area contributed by atoms with E-state index < -0.39 is 5.60 Å². The molecular formula is C11H16BrLiMgO2. The largest absolute Gasteiger partial charge is 1.00 e. The first-order valence-corrected chi connectivity index (χ1v) is 9.36. The number of hydrogen-bond acceptors (Lipinski definition) is 2. The second-order valence-electron chi connectivity index (χ2n) is 4.10. The summed E-state index contributed by atoms with van der Waals surface area (Å²) < 4.78 is 6.43. The Morgan fingerprint density at radius 2 is 1.81 bits per heavy atom. The molecule has 82 valence electrons. The average molecular weight is 291 g/mol. The van der Waals surface area contributed by atoms with Gasteiger partial charge < -0.3 is 9.84 Å². The van der Waals surface area contributed by atoms with Crippen molar-refractivity contribution >= 4 is 34.8 Å². The molecule has 5 heteroatoms. The third kappa shape index (κ3) is 12.9. The molecule has 0 unspecified atom stereocenters. The maximum Gasteiger partial charge on any atom is 1.00 e. The van der Waals surface area contributed by atoms with Gasteiger partial charge in [0.25, 0.3) is 0 Å². The van der Waals surface area contributed by atoms with Gasteiger partial charge in [0.15, 0.2) is 0 Å². The molecule has 0 amide bonds. The van der Waals surface area contributed by atoms with E-state index in [4.69, 9.17) is 4.74 Å². The standard InChI is InChI=1S/C7H7O.C4H9O.BrH.Li.Mg/c1-8-7-5-3-2-4-6-7;1-4(2,3)5;;;/h2-3,5-6H,1H3;1-3H3;1H;;/q;-1;;2*+1/p-1. The van der Waals surface area contributed by atoms with E-state index in [1.54, 1.807) is 27.9 Å². The SMILES string of the molecule is CC(C)(C)[O-].COc1ccc[c]([Mg][Br])c1.[Li+]. The quantitative estimate of drug-likeness (QED) is 0.620. The molecule has 0 atom stereocenters. The van der Waals surface area contributed by atoms with Gasteiger partial charge in [-0.25, -0.2) is 0 Å². The molecule has 0 aliphatic carbocycles. The summed E-state index contributed by atoms with van der Waals surface area (Å²) >= 11 is 3.30. The molecule has 0 spiro atoms. The molecule has 0 fully saturated rings. The third-order valence-corrected chi connectivity index (χ3v) is 3.98. The van der Waals surface area contributed by atoms with Crippen LogP contribution in [0.15, 0.2) is 24.3 Å². The van der Waals surface area contributed by atoms with E-state index >= 15 is 0 Å². The van der Waals surface area contributed by atoms with E-state index in [1.807, 2.05) is 12.1 Å². The van der Waals surface area contributed by atoms with Crippen molar-refractivity contribution in [2.75, 3.05) is 7.11 Å². The fourth-order valence-corrected chi connectivity index (χ4v) is 2.31. The van der Waals surface area contributed by atoms with Gasteiger partial charge >= 0.3 is 37.1 Å². The monoisotopic (exact) mass is 290 g/mol. The van der Waals surface area contributed by atoms with E-state index in [0.717, 1.165) is 5.75 Å². The van der Waals surface area contributed by atoms with Crippen molar-refractivity contribution in [2.24, 2.45) is 0 Å². The van der Waals surface area contributed by atoms with Crippen LogP contribution in [0.4, 0.5) is 0 Å². The second kappa shape index (κ2) is 9.81. The smallest absolute Gasteiger partial charge is 0.850 e. The minimum absolute atomic E-state index is 0. The normalized spacial score (nSPS) is 9.12. The zero-order valence-electron chi connectivity index (χ0n) is 10.7. The van der Waals surface area contributed by atoms with Crippen LogP contribution in [0.2, 0.25) is 0 Å². The number of halogens is 1. The van der Waals surface area contributed by atoms with E-state index in [0.29, 0.717) is 0 Å². The van der Waals surface area contributed by atoms with Crippen molar-refractivity contribution in [3.63, 3.8) is 0 Å². The number of methoxy groups -OCH3 is 1. The Bertz CT molecular complexity index is 264. The minimum Gasteiger partial charge on any atom is -0.850 e. The summed E-state index contributed by atoms with van der Waals surface area (Å²) in [5.74, 6) is 0.949. The number of rotatable bonds is 2. The van der Waals surface area contributed by atoms with Gasteiger partial charge in [-0.2, -0.15) is 0 Å². The number of benzene rings is 1. The maximum absolute atomic E-state index is 10.1. The zero-order valence-corrected chi connectivity index (χ0v) is 13.7. The molecule has 0 saturated heterocycles. The first-order chi connectivity index (χ1) is 6.86. The van der Waals surface area contributed by atoms with Gasteiger partial charge in [0, 0.05) is 0 Å². The predicted octanol–water partition coefficient (Wildman–Crippen LogP) is -1.52. The molecule has 1 aromatic rings. The van der Waals surface area contributed by atoms with Gasteiger partial charge in [-0.15, -0.1) is 9.29 Å². The molecule has 0 bridgehead atoms. The summed E-state index contributed by atoms with van der Waals surface area (Å²) in [6.07, 6.45) is 0. The zero-order chi connectivity index (χ0) is 11.9. The van der Waals surface area contributed by atoms with Crippen molar-refractivity contribution < 1.29 is 28.7 Å². The van der Waals surface area contributed by atoms with Crippen LogP contribution in [0.5, 0.6) is 5.75 Å². The van der Waals surface area contributed by atoms with Crippen LogP contribution in [0.1, 0.15) is 20.8 Å². The number of hydrogen-bond donors (Lipinski definition) is 0. The Labute approximate surface area is 126 Å². The Kier molecular flexibility index (Phi) is 11.8. The maximum atomic E-state index is 10.1. The molecule has 0 N–H and O–H groups in total. The van der Waals surface area contributed by atoms with Crippen LogP contribution in [-0.2, 0) is 0 Å². The van der Waals surface area contributed by atoms with Crippen LogP contribution in [-0.4, -0.2) is 30.9 Å². The van der Waals surface area contributed by atoms with Crippen LogP contribution in [0.3, 0.4) is 0 Å². The van der Waals surface area contributed by atoms with Gasteiger partial charge in [-0.1, -0.05) is 32.9 Å². The Morgan fingerprint density at radius 1 is 1.31 bits per heavy atom. The first kappa shape index (κ1) is 19.2. The fraction of sp³-hybridized carbons (Fsp3) is 0.455. The number of ether oxygens (including phenoxy) is 1. The van der Waals surface area contributed by atoms with Crippen LogP contribution in [0.25, 0.3) is 0 Å². The topological polar surface area (TPSA) is 32.3 Å². The molecule has 0 saturated carbocycles. The predicted molar refractivity (Wildman–Crippen MR) is 67.1 cm³/mol. The summed E-state index contributed by atoms with van der Waals surface area (Å²) in [6.45, 7) is 4.90. The fourth-order valence-electron chi connectivity index (χ4n) is 0.756. The Morgan fingerprint density at radius 3 is 2.19 bits per heavy atom. The van der Waals surface area contributed by atoms with Crippen LogP contribution >= 0.6 is 12.9 Å². The summed E-state index contributed by atoms with van der Waals surface area (Å²) in [6, 6.07) is 8.16. The van der Waals surface area contributed by atoms with Crippen molar-refractivity contribution in [2.45, 2.75) is 26.4 Å². The molecule has 1 rings (SSSR count). The minimum atomic E-state index is -0.750. The average Bonchev–Trinajstić information content (AvgIpc) is 2.15. The molecule has 0 radical (unpaired) electrons. The first-order valence-electron chi connectivity index (χ1n) is 4.76. The van der Waals surface area contributed by atoms with E-state index in [1.165, 1.54) is 3.69 Å². The Balaban J connectivity index is 0. The molecular weight excluding hydrogens is 275 g/mol. The van der Waals surface area contributed by atoms with Gasteiger partial charge in [0.1, 0.15) is 5.75 Å². The Hall–Kier alpha value is 0.824. The van der Waals surface area contributed by atoms with Crippen LogP contribution < -0.4 is 32.4 Å². The third-order valence-electron chi connectivity index (χ3n) is 1.29. The van der Waals surface area contributed by atoms with Gasteiger partial charge in [0.2, 0.25) is 0 Å². The van der Waals surface area contributed by atoms with E-state index in [-0.39, 0.29) is 37.1 Å². The van der Waals surface area contributed by atoms with Gasteiger partial charge in [0.05, 0.1) is 7.11 Å². The van der Waals surface area contributed by atoms with Crippen molar-refractivity contribution in [1.29, 1.82) is 0 Å². The van der Waals surface area contributed by atoms with E-state index in [2.05, 4.69) is 25.0 Å².